The fourth-order valence-corrected chi connectivity index (χ4v) is 2.08. The van der Waals surface area contributed by atoms with Crippen LogP contribution in [0.3, 0.4) is 0 Å². The monoisotopic (exact) mass is 250 g/mol. The Morgan fingerprint density at radius 2 is 2.22 bits per heavy atom. The molecule has 18 heavy (non-hydrogen) atoms. The van der Waals surface area contributed by atoms with Crippen LogP contribution < -0.4 is 0 Å². The number of amides is 1. The first-order chi connectivity index (χ1) is 8.58. The standard InChI is InChI=1S/C12H14N2O4/c15-10-5-6-13(8-10)12(16)7-9-3-1-2-4-11(9)14(17)18/h1-4,10,15H,5-8H2/t10-/m0/s1. The van der Waals surface area contributed by atoms with E-state index in [4.69, 9.17) is 0 Å². The molecule has 0 aliphatic carbocycles. The number of para-hydroxylation sites is 1. The zero-order valence-corrected chi connectivity index (χ0v) is 9.78. The van der Waals surface area contributed by atoms with Gasteiger partial charge in [-0.25, -0.2) is 0 Å². The number of β-amino-alcohol motifs (C(OH)–C–C–N with tert-alkyl or cyclic N) is 1. The largest absolute Gasteiger partial charge is 0.391 e. The van der Waals surface area contributed by atoms with Gasteiger partial charge in [0.1, 0.15) is 0 Å². The van der Waals surface area contributed by atoms with Crippen molar-refractivity contribution in [3.05, 3.63) is 39.9 Å². The molecule has 1 aromatic carbocycles. The molecule has 0 radical (unpaired) electrons. The molecule has 1 saturated heterocycles. The number of aliphatic hydroxyl groups is 1. The third-order valence-electron chi connectivity index (χ3n) is 3.05. The van der Waals surface area contributed by atoms with Crippen LogP contribution in [0.25, 0.3) is 0 Å². The first kappa shape index (κ1) is 12.5. The molecule has 0 unspecified atom stereocenters. The topological polar surface area (TPSA) is 83.7 Å². The van der Waals surface area contributed by atoms with Crippen molar-refractivity contribution in [1.82, 2.24) is 4.90 Å². The van der Waals surface area contributed by atoms with E-state index < -0.39 is 11.0 Å². The maximum atomic E-state index is 11.9. The second-order valence-electron chi connectivity index (χ2n) is 4.34. The van der Waals surface area contributed by atoms with E-state index in [1.165, 1.54) is 6.07 Å². The van der Waals surface area contributed by atoms with Crippen LogP contribution in [-0.4, -0.2) is 40.0 Å². The lowest BCUT2D eigenvalue weighted by atomic mass is 10.1. The van der Waals surface area contributed by atoms with Crippen LogP contribution in [0, 0.1) is 10.1 Å². The SMILES string of the molecule is O=C(Cc1ccccc1[N+](=O)[O-])N1CC[C@H](O)C1. The van der Waals surface area contributed by atoms with Crippen molar-refractivity contribution in [2.75, 3.05) is 13.1 Å². The van der Waals surface area contributed by atoms with Crippen molar-refractivity contribution >= 4 is 11.6 Å². The van der Waals surface area contributed by atoms with Gasteiger partial charge in [-0.3, -0.25) is 14.9 Å². The zero-order chi connectivity index (χ0) is 13.1. The van der Waals surface area contributed by atoms with Gasteiger partial charge in [0.25, 0.3) is 5.69 Å². The van der Waals surface area contributed by atoms with Gasteiger partial charge >= 0.3 is 0 Å². The van der Waals surface area contributed by atoms with Gasteiger partial charge < -0.3 is 10.0 Å². The van der Waals surface area contributed by atoms with Crippen LogP contribution in [-0.2, 0) is 11.2 Å². The summed E-state index contributed by atoms with van der Waals surface area (Å²) < 4.78 is 0. The summed E-state index contributed by atoms with van der Waals surface area (Å²) in [5, 5.41) is 20.2. The van der Waals surface area contributed by atoms with Gasteiger partial charge in [0, 0.05) is 24.7 Å². The van der Waals surface area contributed by atoms with Crippen LogP contribution >= 0.6 is 0 Å². The number of aliphatic hydroxyl groups excluding tert-OH is 1. The van der Waals surface area contributed by atoms with E-state index in [9.17, 15) is 20.0 Å². The molecule has 0 saturated carbocycles. The van der Waals surface area contributed by atoms with E-state index >= 15 is 0 Å². The Morgan fingerprint density at radius 1 is 1.50 bits per heavy atom. The molecule has 1 aromatic rings. The van der Waals surface area contributed by atoms with E-state index in [2.05, 4.69) is 0 Å². The average molecular weight is 250 g/mol. The first-order valence-corrected chi connectivity index (χ1v) is 5.76. The smallest absolute Gasteiger partial charge is 0.273 e. The van der Waals surface area contributed by atoms with Crippen LogP contribution in [0.15, 0.2) is 24.3 Å². The number of nitro groups is 1. The molecule has 1 aliphatic heterocycles. The highest BCUT2D eigenvalue weighted by molar-refractivity contribution is 5.80. The number of benzene rings is 1. The molecule has 1 aliphatic rings. The van der Waals surface area contributed by atoms with Crippen LogP contribution in [0.4, 0.5) is 5.69 Å². The number of carbonyl (C=O) groups is 1. The summed E-state index contributed by atoms with van der Waals surface area (Å²) >= 11 is 0. The molecule has 0 spiro atoms. The normalized spacial score (nSPS) is 18.9. The minimum atomic E-state index is -0.485. The predicted octanol–water partition coefficient (Wildman–Crippen LogP) is 0.730. The van der Waals surface area contributed by atoms with E-state index in [1.54, 1.807) is 23.1 Å². The zero-order valence-electron chi connectivity index (χ0n) is 9.78. The summed E-state index contributed by atoms with van der Waals surface area (Å²) in [5.74, 6) is -0.180. The summed E-state index contributed by atoms with van der Waals surface area (Å²) in [7, 11) is 0. The Morgan fingerprint density at radius 3 is 2.83 bits per heavy atom. The van der Waals surface area contributed by atoms with Gasteiger partial charge in [0.05, 0.1) is 17.4 Å². The summed E-state index contributed by atoms with van der Waals surface area (Å²) in [6.45, 7) is 0.833. The second-order valence-corrected chi connectivity index (χ2v) is 4.34. The Kier molecular flexibility index (Phi) is 3.57. The molecule has 96 valence electrons. The van der Waals surface area contributed by atoms with Crippen molar-refractivity contribution in [2.24, 2.45) is 0 Å². The molecular weight excluding hydrogens is 236 g/mol. The number of likely N-dealkylation sites (tertiary alicyclic amines) is 1. The fraction of sp³-hybridized carbons (Fsp3) is 0.417. The summed E-state index contributed by atoms with van der Waals surface area (Å²) in [5.41, 5.74) is 0.375. The maximum absolute atomic E-state index is 11.9. The lowest BCUT2D eigenvalue weighted by Gasteiger charge is -2.15. The molecule has 1 amide bonds. The Hall–Kier alpha value is -1.95. The van der Waals surface area contributed by atoms with E-state index in [0.29, 0.717) is 25.1 Å². The van der Waals surface area contributed by atoms with Crippen molar-refractivity contribution in [2.45, 2.75) is 18.9 Å². The summed E-state index contributed by atoms with van der Waals surface area (Å²) in [6.07, 6.45) is 0.103. The van der Waals surface area contributed by atoms with Crippen molar-refractivity contribution in [3.8, 4) is 0 Å². The Balaban J connectivity index is 2.09. The Labute approximate surface area is 104 Å². The number of nitro benzene ring substituents is 1. The van der Waals surface area contributed by atoms with Crippen molar-refractivity contribution in [1.29, 1.82) is 0 Å². The number of rotatable bonds is 3. The average Bonchev–Trinajstić information content (AvgIpc) is 2.76. The molecule has 1 atom stereocenters. The van der Waals surface area contributed by atoms with Gasteiger partial charge in [-0.05, 0) is 6.42 Å². The third-order valence-corrected chi connectivity index (χ3v) is 3.05. The first-order valence-electron chi connectivity index (χ1n) is 5.76. The molecule has 6 nitrogen and oxygen atoms in total. The van der Waals surface area contributed by atoms with Gasteiger partial charge in [-0.2, -0.15) is 0 Å². The van der Waals surface area contributed by atoms with Crippen molar-refractivity contribution in [3.63, 3.8) is 0 Å². The third kappa shape index (κ3) is 2.65. The minimum absolute atomic E-state index is 0.00384. The highest BCUT2D eigenvalue weighted by Crippen LogP contribution is 2.20. The van der Waals surface area contributed by atoms with E-state index in [1.807, 2.05) is 0 Å². The predicted molar refractivity (Wildman–Crippen MR) is 64.0 cm³/mol. The van der Waals surface area contributed by atoms with Crippen LogP contribution in [0.1, 0.15) is 12.0 Å². The molecular formula is C12H14N2O4. The maximum Gasteiger partial charge on any atom is 0.273 e. The number of hydrogen-bond donors (Lipinski definition) is 1. The molecule has 2 rings (SSSR count). The lowest BCUT2D eigenvalue weighted by Crippen LogP contribution is -2.31. The molecule has 1 heterocycles. The molecule has 0 bridgehead atoms. The molecule has 1 fully saturated rings. The number of carbonyl (C=O) groups excluding carboxylic acids is 1. The minimum Gasteiger partial charge on any atom is -0.391 e. The lowest BCUT2D eigenvalue weighted by molar-refractivity contribution is -0.385. The molecule has 6 heteroatoms. The van der Waals surface area contributed by atoms with Crippen LogP contribution in [0.2, 0.25) is 0 Å². The van der Waals surface area contributed by atoms with Crippen molar-refractivity contribution < 1.29 is 14.8 Å². The highest BCUT2D eigenvalue weighted by atomic mass is 16.6. The number of nitrogens with zero attached hydrogens (tertiary/aromatic N) is 2. The van der Waals surface area contributed by atoms with Gasteiger partial charge in [-0.15, -0.1) is 0 Å². The van der Waals surface area contributed by atoms with Crippen LogP contribution in [0.5, 0.6) is 0 Å². The quantitative estimate of drug-likeness (QED) is 0.633. The van der Waals surface area contributed by atoms with E-state index in [0.717, 1.165) is 0 Å². The summed E-state index contributed by atoms with van der Waals surface area (Å²) in [6, 6.07) is 6.23. The molecule has 1 N–H and O–H groups in total. The molecule has 0 aromatic heterocycles. The van der Waals surface area contributed by atoms with Gasteiger partial charge in [0.2, 0.25) is 5.91 Å². The Bertz CT molecular complexity index is 475. The second kappa shape index (κ2) is 5.14. The summed E-state index contributed by atoms with van der Waals surface area (Å²) in [4.78, 5) is 23.8. The fourth-order valence-electron chi connectivity index (χ4n) is 2.08. The van der Waals surface area contributed by atoms with E-state index in [-0.39, 0.29) is 18.0 Å². The van der Waals surface area contributed by atoms with Gasteiger partial charge in [-0.1, -0.05) is 18.2 Å². The highest BCUT2D eigenvalue weighted by Gasteiger charge is 2.26. The number of hydrogen-bond acceptors (Lipinski definition) is 4. The van der Waals surface area contributed by atoms with Gasteiger partial charge in [0.15, 0.2) is 0 Å².